The molecule has 4 rings (SSSR count). The summed E-state index contributed by atoms with van der Waals surface area (Å²) in [5, 5.41) is 3.16. The van der Waals surface area contributed by atoms with Gasteiger partial charge >= 0.3 is 0 Å². The molecule has 0 radical (unpaired) electrons. The number of aromatic nitrogens is 3. The number of nitrogens with one attached hydrogen (secondary N) is 1. The van der Waals surface area contributed by atoms with Crippen LogP contribution in [0.1, 0.15) is 48.7 Å². The molecule has 4 heterocycles. The minimum absolute atomic E-state index is 0.0385. The zero-order chi connectivity index (χ0) is 16.8. The van der Waals surface area contributed by atoms with Crippen LogP contribution >= 0.6 is 0 Å². The highest BCUT2D eigenvalue weighted by Crippen LogP contribution is 2.33. The van der Waals surface area contributed by atoms with Crippen molar-refractivity contribution < 1.29 is 9.53 Å². The number of amides is 1. The fourth-order valence-electron chi connectivity index (χ4n) is 3.72. The number of fused-ring (bicyclic) bond motifs is 1. The van der Waals surface area contributed by atoms with Gasteiger partial charge in [-0.15, -0.1) is 0 Å². The summed E-state index contributed by atoms with van der Waals surface area (Å²) in [5.74, 6) is 0.0707. The van der Waals surface area contributed by atoms with Crippen LogP contribution in [0.5, 0.6) is 0 Å². The second-order valence-electron chi connectivity index (χ2n) is 6.72. The summed E-state index contributed by atoms with van der Waals surface area (Å²) < 4.78 is 7.03. The number of likely N-dealkylation sites (tertiary alicyclic amines) is 1. The van der Waals surface area contributed by atoms with Crippen molar-refractivity contribution in [3.63, 3.8) is 0 Å². The third kappa shape index (κ3) is 2.34. The standard InChI is InChI=1S/C17H22N4O3/c1-10-11(2)18-15-9-12(19-21(15)16(10)22)13-5-3-7-20(13)17(23)14-6-4-8-24-14/h9,13-14,19H,3-8H2,1-2H3. The van der Waals surface area contributed by atoms with Gasteiger partial charge in [0, 0.05) is 30.5 Å². The van der Waals surface area contributed by atoms with Gasteiger partial charge in [0.15, 0.2) is 5.65 Å². The lowest BCUT2D eigenvalue weighted by molar-refractivity contribution is -0.142. The van der Waals surface area contributed by atoms with E-state index in [1.807, 2.05) is 17.9 Å². The first-order valence-corrected chi connectivity index (χ1v) is 8.57. The van der Waals surface area contributed by atoms with Gasteiger partial charge in [-0.1, -0.05) is 0 Å². The molecule has 1 N–H and O–H groups in total. The van der Waals surface area contributed by atoms with E-state index in [0.29, 0.717) is 17.8 Å². The van der Waals surface area contributed by atoms with Crippen LogP contribution in [0.2, 0.25) is 0 Å². The van der Waals surface area contributed by atoms with Gasteiger partial charge in [0.1, 0.15) is 6.10 Å². The van der Waals surface area contributed by atoms with Crippen LogP contribution in [-0.4, -0.2) is 44.7 Å². The van der Waals surface area contributed by atoms with Crippen LogP contribution in [0.4, 0.5) is 0 Å². The first-order valence-electron chi connectivity index (χ1n) is 8.57. The van der Waals surface area contributed by atoms with Crippen LogP contribution in [0, 0.1) is 13.8 Å². The molecule has 1 amide bonds. The predicted octanol–water partition coefficient (Wildman–Crippen LogP) is 1.48. The second-order valence-corrected chi connectivity index (χ2v) is 6.72. The molecule has 0 spiro atoms. The Balaban J connectivity index is 1.69. The van der Waals surface area contributed by atoms with Gasteiger partial charge in [0.05, 0.1) is 11.7 Å². The molecule has 0 aliphatic carbocycles. The zero-order valence-corrected chi connectivity index (χ0v) is 14.0. The monoisotopic (exact) mass is 330 g/mol. The van der Waals surface area contributed by atoms with Gasteiger partial charge in [-0.25, -0.2) is 9.50 Å². The maximum absolute atomic E-state index is 12.7. The van der Waals surface area contributed by atoms with Crippen molar-refractivity contribution in [2.45, 2.75) is 51.7 Å². The Morgan fingerprint density at radius 1 is 1.33 bits per heavy atom. The number of rotatable bonds is 2. The summed E-state index contributed by atoms with van der Waals surface area (Å²) in [7, 11) is 0. The van der Waals surface area contributed by atoms with Crippen molar-refractivity contribution in [3.05, 3.63) is 33.4 Å². The molecule has 7 nitrogen and oxygen atoms in total. The summed E-state index contributed by atoms with van der Waals surface area (Å²) >= 11 is 0. The Labute approximate surface area is 139 Å². The van der Waals surface area contributed by atoms with Gasteiger partial charge in [-0.3, -0.25) is 14.7 Å². The van der Waals surface area contributed by atoms with Crippen LogP contribution in [-0.2, 0) is 9.53 Å². The molecule has 0 saturated carbocycles. The van der Waals surface area contributed by atoms with Gasteiger partial charge in [-0.2, -0.15) is 0 Å². The number of nitrogens with zero attached hydrogens (tertiary/aromatic N) is 3. The Morgan fingerprint density at radius 3 is 2.92 bits per heavy atom. The topological polar surface area (TPSA) is 79.7 Å². The third-order valence-corrected chi connectivity index (χ3v) is 5.20. The van der Waals surface area contributed by atoms with Gasteiger partial charge in [0.2, 0.25) is 0 Å². The van der Waals surface area contributed by atoms with Crippen molar-refractivity contribution in [3.8, 4) is 0 Å². The lowest BCUT2D eigenvalue weighted by Crippen LogP contribution is -2.38. The van der Waals surface area contributed by atoms with Gasteiger partial charge in [0.25, 0.3) is 11.5 Å². The number of carbonyl (C=O) groups excluding carboxylic acids is 1. The first-order chi connectivity index (χ1) is 11.6. The van der Waals surface area contributed by atoms with E-state index in [4.69, 9.17) is 4.74 Å². The molecular weight excluding hydrogens is 308 g/mol. The van der Waals surface area contributed by atoms with E-state index in [1.54, 1.807) is 6.92 Å². The number of hydrogen-bond acceptors (Lipinski definition) is 4. The van der Waals surface area contributed by atoms with E-state index >= 15 is 0 Å². The number of H-pyrrole nitrogens is 1. The van der Waals surface area contributed by atoms with Crippen LogP contribution in [0.3, 0.4) is 0 Å². The highest BCUT2D eigenvalue weighted by molar-refractivity contribution is 5.82. The number of aromatic amines is 1. The van der Waals surface area contributed by atoms with Crippen LogP contribution in [0.15, 0.2) is 10.9 Å². The molecule has 2 aliphatic rings. The largest absolute Gasteiger partial charge is 0.368 e. The van der Waals surface area contributed by atoms with Crippen molar-refractivity contribution in [1.29, 1.82) is 0 Å². The molecular formula is C17H22N4O3. The van der Waals surface area contributed by atoms with Crippen molar-refractivity contribution >= 4 is 11.6 Å². The molecule has 2 aromatic heterocycles. The Kier molecular flexibility index (Phi) is 3.68. The maximum atomic E-state index is 12.7. The number of hydrogen-bond donors (Lipinski definition) is 1. The molecule has 2 aromatic rings. The summed E-state index contributed by atoms with van der Waals surface area (Å²) in [6.45, 7) is 5.02. The molecule has 0 aromatic carbocycles. The molecule has 0 bridgehead atoms. The quantitative estimate of drug-likeness (QED) is 0.904. The van der Waals surface area contributed by atoms with E-state index in [2.05, 4.69) is 10.1 Å². The summed E-state index contributed by atoms with van der Waals surface area (Å²) in [5.41, 5.74) is 2.77. The van der Waals surface area contributed by atoms with Gasteiger partial charge < -0.3 is 9.64 Å². The van der Waals surface area contributed by atoms with Crippen molar-refractivity contribution in [2.24, 2.45) is 0 Å². The minimum atomic E-state index is -0.305. The fraction of sp³-hybridized carbons (Fsp3) is 0.588. The average molecular weight is 330 g/mol. The van der Waals surface area contributed by atoms with Crippen LogP contribution in [0.25, 0.3) is 5.65 Å². The average Bonchev–Trinajstić information content (AvgIpc) is 3.30. The molecule has 2 atom stereocenters. The fourth-order valence-corrected chi connectivity index (χ4v) is 3.72. The van der Waals surface area contributed by atoms with E-state index in [0.717, 1.165) is 43.6 Å². The SMILES string of the molecule is Cc1nc2cc(C3CCCN3C(=O)C3CCCO3)[nH]n2c(=O)c1C. The van der Waals surface area contributed by atoms with Gasteiger partial charge in [-0.05, 0) is 39.5 Å². The lowest BCUT2D eigenvalue weighted by Gasteiger charge is -2.26. The first kappa shape index (κ1) is 15.4. The van der Waals surface area contributed by atoms with E-state index in [9.17, 15) is 9.59 Å². The van der Waals surface area contributed by atoms with E-state index < -0.39 is 0 Å². The highest BCUT2D eigenvalue weighted by atomic mass is 16.5. The number of ether oxygens (including phenoxy) is 1. The Hall–Kier alpha value is -2.15. The van der Waals surface area contributed by atoms with E-state index in [-0.39, 0.29) is 23.6 Å². The minimum Gasteiger partial charge on any atom is -0.368 e. The maximum Gasteiger partial charge on any atom is 0.275 e. The van der Waals surface area contributed by atoms with E-state index in [1.165, 1.54) is 4.52 Å². The molecule has 2 saturated heterocycles. The molecule has 24 heavy (non-hydrogen) atoms. The molecule has 2 unspecified atom stereocenters. The number of carbonyl (C=O) groups is 1. The van der Waals surface area contributed by atoms with Crippen molar-refractivity contribution in [1.82, 2.24) is 19.5 Å². The highest BCUT2D eigenvalue weighted by Gasteiger charge is 2.36. The van der Waals surface area contributed by atoms with Crippen LogP contribution < -0.4 is 5.56 Å². The van der Waals surface area contributed by atoms with Crippen molar-refractivity contribution in [2.75, 3.05) is 13.2 Å². The second kappa shape index (κ2) is 5.73. The Bertz CT molecular complexity index is 847. The lowest BCUT2D eigenvalue weighted by atomic mass is 10.1. The summed E-state index contributed by atoms with van der Waals surface area (Å²) in [4.78, 5) is 31.5. The molecule has 2 fully saturated rings. The Morgan fingerprint density at radius 2 is 2.17 bits per heavy atom. The smallest absolute Gasteiger partial charge is 0.275 e. The molecule has 2 aliphatic heterocycles. The normalized spacial score (nSPS) is 24.2. The molecule has 128 valence electrons. The summed E-state index contributed by atoms with van der Waals surface area (Å²) in [6, 6.07) is 1.85. The zero-order valence-electron chi connectivity index (χ0n) is 14.0. The summed E-state index contributed by atoms with van der Waals surface area (Å²) in [6.07, 6.45) is 3.28. The molecule has 7 heteroatoms. The predicted molar refractivity (Wildman–Crippen MR) is 87.9 cm³/mol. The number of aryl methyl sites for hydroxylation is 1. The third-order valence-electron chi connectivity index (χ3n) is 5.20.